The van der Waals surface area contributed by atoms with Crippen molar-refractivity contribution in [1.29, 1.82) is 0 Å². The molecule has 1 N–H and O–H groups in total. The number of carbonyl (C=O) groups excluding carboxylic acids is 5. The summed E-state index contributed by atoms with van der Waals surface area (Å²) in [6.07, 6.45) is -1.88. The second kappa shape index (κ2) is 22.7. The van der Waals surface area contributed by atoms with Crippen LogP contribution in [0.2, 0.25) is 0 Å². The molecular weight excluding hydrogens is 819 g/mol. The van der Waals surface area contributed by atoms with E-state index >= 15 is 0 Å². The molecule has 2 aliphatic heterocycles. The third kappa shape index (κ3) is 13.1. The van der Waals surface area contributed by atoms with Gasteiger partial charge in [-0.25, -0.2) is 24.4 Å². The van der Waals surface area contributed by atoms with Crippen molar-refractivity contribution in [3.05, 3.63) is 71.9 Å². The van der Waals surface area contributed by atoms with E-state index in [1.54, 1.807) is 51.0 Å². The van der Waals surface area contributed by atoms with Gasteiger partial charge in [-0.2, -0.15) is 0 Å². The monoisotopic (exact) mass is 870 g/mol. The molecule has 330 valence electrons. The summed E-state index contributed by atoms with van der Waals surface area (Å²) in [5, 5.41) is 2.88. The number of ether oxygens (including phenoxy) is 6. The van der Waals surface area contributed by atoms with Crippen molar-refractivity contribution in [2.75, 3.05) is 84.7 Å². The largest absolute Gasteiger partial charge is 0.510 e. The number of nitrogens with one attached hydrogen (secondary N) is 1. The summed E-state index contributed by atoms with van der Waals surface area (Å²) >= 11 is 0. The van der Waals surface area contributed by atoms with Crippen molar-refractivity contribution in [3.63, 3.8) is 0 Å². The molecule has 20 nitrogen and oxygen atoms in total. The van der Waals surface area contributed by atoms with Crippen LogP contribution >= 0.6 is 7.60 Å². The number of benzene rings is 2. The quantitative estimate of drug-likeness (QED) is 0.0821. The Morgan fingerprint density at radius 2 is 1.38 bits per heavy atom. The Balaban J connectivity index is 1.41. The van der Waals surface area contributed by atoms with Crippen LogP contribution in [0.25, 0.3) is 11.4 Å². The van der Waals surface area contributed by atoms with Gasteiger partial charge in [-0.1, -0.05) is 42.5 Å². The number of piperazine rings is 1. The Labute approximate surface area is 353 Å². The molecule has 1 aromatic heterocycles. The molecule has 0 radical (unpaired) electrons. The highest BCUT2D eigenvalue weighted by molar-refractivity contribution is 7.62. The number of aromatic nitrogens is 2. The van der Waals surface area contributed by atoms with Gasteiger partial charge in [0.15, 0.2) is 5.82 Å². The lowest BCUT2D eigenvalue weighted by Crippen LogP contribution is -2.56. The first-order chi connectivity index (χ1) is 29.5. The Morgan fingerprint density at radius 1 is 0.770 bits per heavy atom. The van der Waals surface area contributed by atoms with Gasteiger partial charge in [-0.15, -0.1) is 0 Å². The minimum absolute atomic E-state index is 0.00649. The van der Waals surface area contributed by atoms with Crippen molar-refractivity contribution >= 4 is 48.9 Å². The maximum absolute atomic E-state index is 14.3. The molecular formula is C40H51N6O14P. The summed E-state index contributed by atoms with van der Waals surface area (Å²) in [6, 6.07) is 15.6. The number of amides is 3. The van der Waals surface area contributed by atoms with E-state index in [0.29, 0.717) is 35.9 Å². The van der Waals surface area contributed by atoms with Crippen molar-refractivity contribution in [2.24, 2.45) is 0 Å². The van der Waals surface area contributed by atoms with Crippen LogP contribution in [0, 0.1) is 0 Å². The standard InChI is InChI=1S/C40H51N6O14P/c1-5-54-38(49)45-21-19-44(20-22-45)37(48)33(42-36(47)32-24-34(46-18-17-30(25-46)53-4)43-35(41-32)29-11-9-8-10-12-29)23-28-13-15-31(16-14-28)61(52,59-26-57-39(50)55-6-2)60-27-58-40(51)56-7-3/h8-16,24,30,33H,5-7,17-23,25-27H2,1-4H3,(H,42,47). The molecule has 0 saturated carbocycles. The second-order valence-corrected chi connectivity index (χ2v) is 15.5. The average molecular weight is 871 g/mol. The first-order valence-electron chi connectivity index (χ1n) is 19.8. The zero-order valence-electron chi connectivity index (χ0n) is 34.5. The first-order valence-corrected chi connectivity index (χ1v) is 21.3. The van der Waals surface area contributed by atoms with E-state index in [-0.39, 0.29) is 69.5 Å². The molecule has 21 heteroatoms. The minimum atomic E-state index is -4.33. The minimum Gasteiger partial charge on any atom is -0.450 e. The molecule has 2 aromatic carbocycles. The molecule has 0 spiro atoms. The highest BCUT2D eigenvalue weighted by atomic mass is 31.2. The zero-order chi connectivity index (χ0) is 43.8. The third-order valence-electron chi connectivity index (χ3n) is 9.52. The van der Waals surface area contributed by atoms with Crippen LogP contribution < -0.4 is 15.5 Å². The van der Waals surface area contributed by atoms with Crippen LogP contribution in [0.5, 0.6) is 0 Å². The molecule has 2 atom stereocenters. The molecule has 3 heterocycles. The summed E-state index contributed by atoms with van der Waals surface area (Å²) in [7, 11) is -2.68. The van der Waals surface area contributed by atoms with Gasteiger partial charge in [0.2, 0.25) is 19.5 Å². The van der Waals surface area contributed by atoms with E-state index in [2.05, 4.69) is 10.3 Å². The van der Waals surface area contributed by atoms with E-state index < -0.39 is 57.4 Å². The molecule has 0 bridgehead atoms. The van der Waals surface area contributed by atoms with Crippen LogP contribution in [0.15, 0.2) is 60.7 Å². The number of carbonyl (C=O) groups is 5. The van der Waals surface area contributed by atoms with Gasteiger partial charge in [-0.3, -0.25) is 23.2 Å². The van der Waals surface area contributed by atoms with Crippen LogP contribution in [-0.2, 0) is 53.2 Å². The van der Waals surface area contributed by atoms with Crippen LogP contribution in [0.4, 0.5) is 20.2 Å². The maximum Gasteiger partial charge on any atom is 0.510 e. The number of rotatable bonds is 18. The van der Waals surface area contributed by atoms with Gasteiger partial charge >= 0.3 is 26.0 Å². The number of nitrogens with zero attached hydrogens (tertiary/aromatic N) is 5. The fourth-order valence-electron chi connectivity index (χ4n) is 6.38. The van der Waals surface area contributed by atoms with Gasteiger partial charge in [0.1, 0.15) is 17.6 Å². The number of methoxy groups -OCH3 is 1. The maximum atomic E-state index is 14.3. The first kappa shape index (κ1) is 46.2. The van der Waals surface area contributed by atoms with E-state index in [9.17, 15) is 28.5 Å². The van der Waals surface area contributed by atoms with Crippen LogP contribution in [0.3, 0.4) is 0 Å². The molecule has 2 unspecified atom stereocenters. The Kier molecular flexibility index (Phi) is 17.2. The molecule has 61 heavy (non-hydrogen) atoms. The van der Waals surface area contributed by atoms with Crippen molar-refractivity contribution in [3.8, 4) is 11.4 Å². The SMILES string of the molecule is CCOC(=O)OCOP(=O)(OCOC(=O)OCC)c1ccc(CC(NC(=O)c2cc(N3CCC(OC)C3)nc(-c3ccccc3)n2)C(=O)N2CCN(C(=O)OCC)CC2)cc1. The topological polar surface area (TPSA) is 224 Å². The van der Waals surface area contributed by atoms with Gasteiger partial charge in [0, 0.05) is 64.4 Å². The molecule has 0 aliphatic carbocycles. The van der Waals surface area contributed by atoms with Gasteiger partial charge in [0.25, 0.3) is 5.91 Å². The second-order valence-electron chi connectivity index (χ2n) is 13.4. The third-order valence-corrected chi connectivity index (χ3v) is 11.3. The predicted molar refractivity (Wildman–Crippen MR) is 217 cm³/mol. The average Bonchev–Trinajstić information content (AvgIpc) is 3.76. The van der Waals surface area contributed by atoms with Gasteiger partial charge in [-0.05, 0) is 44.9 Å². The van der Waals surface area contributed by atoms with E-state index in [4.69, 9.17) is 42.5 Å². The predicted octanol–water partition coefficient (Wildman–Crippen LogP) is 4.12. The fraction of sp³-hybridized carbons (Fsp3) is 0.475. The van der Waals surface area contributed by atoms with Gasteiger partial charge < -0.3 is 48.4 Å². The number of hydrogen-bond acceptors (Lipinski definition) is 17. The summed E-state index contributed by atoms with van der Waals surface area (Å²) in [5.74, 6) is -0.184. The highest BCUT2D eigenvalue weighted by Crippen LogP contribution is 2.47. The molecule has 2 fully saturated rings. The summed E-state index contributed by atoms with van der Waals surface area (Å²) in [5.41, 5.74) is 1.26. The summed E-state index contributed by atoms with van der Waals surface area (Å²) < 4.78 is 54.4. The Bertz CT molecular complexity index is 1970. The van der Waals surface area contributed by atoms with Crippen molar-refractivity contribution in [1.82, 2.24) is 25.1 Å². The lowest BCUT2D eigenvalue weighted by Gasteiger charge is -2.36. The molecule has 2 saturated heterocycles. The number of hydrogen-bond donors (Lipinski definition) is 1. The number of anilines is 1. The lowest BCUT2D eigenvalue weighted by atomic mass is 10.0. The van der Waals surface area contributed by atoms with Crippen molar-refractivity contribution < 1.29 is 66.0 Å². The normalized spacial score (nSPS) is 15.7. The van der Waals surface area contributed by atoms with Crippen LogP contribution in [-0.4, -0.2) is 142 Å². The van der Waals surface area contributed by atoms with E-state index in [0.717, 1.165) is 6.42 Å². The zero-order valence-corrected chi connectivity index (χ0v) is 35.4. The fourth-order valence-corrected chi connectivity index (χ4v) is 7.65. The molecule has 5 rings (SSSR count). The Hall–Kier alpha value is -5.82. The van der Waals surface area contributed by atoms with E-state index in [1.165, 1.54) is 17.0 Å². The summed E-state index contributed by atoms with van der Waals surface area (Å²) in [4.78, 5) is 78.9. The molecule has 2 aliphatic rings. The lowest BCUT2D eigenvalue weighted by molar-refractivity contribution is -0.134. The van der Waals surface area contributed by atoms with E-state index in [1.807, 2.05) is 35.2 Å². The molecule has 3 aromatic rings. The molecule has 3 amide bonds. The van der Waals surface area contributed by atoms with Crippen LogP contribution in [0.1, 0.15) is 43.2 Å². The van der Waals surface area contributed by atoms with Crippen molar-refractivity contribution in [2.45, 2.75) is 45.8 Å². The summed E-state index contributed by atoms with van der Waals surface area (Å²) in [6.45, 7) is 5.50. The highest BCUT2D eigenvalue weighted by Gasteiger charge is 2.33. The smallest absolute Gasteiger partial charge is 0.450 e. The van der Waals surface area contributed by atoms with Gasteiger partial charge in [0.05, 0.1) is 31.2 Å². The Morgan fingerprint density at radius 3 is 1.95 bits per heavy atom.